The van der Waals surface area contributed by atoms with Crippen molar-refractivity contribution in [2.75, 3.05) is 7.11 Å². The van der Waals surface area contributed by atoms with Gasteiger partial charge >= 0.3 is 0 Å². The Labute approximate surface area is 113 Å². The number of hydrogen-bond donors (Lipinski definition) is 1. The Kier molecular flexibility index (Phi) is 4.55. The van der Waals surface area contributed by atoms with Crippen LogP contribution in [0.4, 0.5) is 0 Å². The summed E-state index contributed by atoms with van der Waals surface area (Å²) in [6.07, 6.45) is 2.44. The van der Waals surface area contributed by atoms with Gasteiger partial charge in [-0.2, -0.15) is 0 Å². The number of hydrogen-bond acceptors (Lipinski definition) is 3. The van der Waals surface area contributed by atoms with E-state index in [0.717, 1.165) is 11.3 Å². The highest BCUT2D eigenvalue weighted by Gasteiger charge is 2.24. The minimum Gasteiger partial charge on any atom is -0.497 e. The van der Waals surface area contributed by atoms with Gasteiger partial charge in [0.25, 0.3) is 0 Å². The lowest BCUT2D eigenvalue weighted by molar-refractivity contribution is -0.128. The third-order valence-corrected chi connectivity index (χ3v) is 3.51. The maximum atomic E-state index is 12.0. The van der Waals surface area contributed by atoms with E-state index >= 15 is 0 Å². The Morgan fingerprint density at radius 3 is 2.79 bits per heavy atom. The lowest BCUT2D eigenvalue weighted by Gasteiger charge is -2.20. The first-order valence-electron chi connectivity index (χ1n) is 6.61. The van der Waals surface area contributed by atoms with Gasteiger partial charge in [0.1, 0.15) is 11.5 Å². The first-order chi connectivity index (χ1) is 9.19. The molecule has 0 aromatic heterocycles. The van der Waals surface area contributed by atoms with Crippen LogP contribution in [0.2, 0.25) is 0 Å². The highest BCUT2D eigenvalue weighted by Crippen LogP contribution is 2.21. The van der Waals surface area contributed by atoms with Gasteiger partial charge in [-0.25, -0.2) is 0 Å². The third kappa shape index (κ3) is 3.81. The zero-order valence-electron chi connectivity index (χ0n) is 11.1. The molecule has 1 aromatic rings. The number of carbonyl (C=O) groups is 2. The van der Waals surface area contributed by atoms with Crippen molar-refractivity contribution in [2.45, 2.75) is 32.2 Å². The number of rotatable bonds is 4. The molecule has 1 N–H and O–H groups in total. The second kappa shape index (κ2) is 6.36. The summed E-state index contributed by atoms with van der Waals surface area (Å²) < 4.78 is 5.14. The lowest BCUT2D eigenvalue weighted by Crippen LogP contribution is -2.32. The van der Waals surface area contributed by atoms with Crippen LogP contribution in [-0.2, 0) is 16.1 Å². The van der Waals surface area contributed by atoms with E-state index < -0.39 is 0 Å². The molecule has 0 radical (unpaired) electrons. The number of ketones is 1. The summed E-state index contributed by atoms with van der Waals surface area (Å²) in [6.45, 7) is 0.500. The van der Waals surface area contributed by atoms with Crippen molar-refractivity contribution in [2.24, 2.45) is 5.92 Å². The summed E-state index contributed by atoms with van der Waals surface area (Å²) in [7, 11) is 1.62. The van der Waals surface area contributed by atoms with Crippen molar-refractivity contribution < 1.29 is 14.3 Å². The molecule has 0 unspecified atom stereocenters. The lowest BCUT2D eigenvalue weighted by atomic mass is 9.88. The van der Waals surface area contributed by atoms with Gasteiger partial charge in [-0.15, -0.1) is 0 Å². The Morgan fingerprint density at radius 2 is 2.11 bits per heavy atom. The predicted molar refractivity (Wildman–Crippen MR) is 71.8 cm³/mol. The summed E-state index contributed by atoms with van der Waals surface area (Å²) in [6, 6.07) is 7.63. The molecule has 0 saturated heterocycles. The molecule has 1 aliphatic rings. The number of nitrogens with one attached hydrogen (secondary N) is 1. The van der Waals surface area contributed by atoms with Gasteiger partial charge in [-0.1, -0.05) is 12.1 Å². The molecule has 0 heterocycles. The fourth-order valence-corrected chi connectivity index (χ4v) is 2.32. The standard InChI is InChI=1S/C15H19NO3/c1-19-14-4-2-3-11(9-14)10-16-15(18)12-5-7-13(17)8-6-12/h2-4,9,12H,5-8,10H2,1H3,(H,16,18). The van der Waals surface area contributed by atoms with E-state index in [1.54, 1.807) is 7.11 Å². The zero-order valence-corrected chi connectivity index (χ0v) is 11.1. The molecular formula is C15H19NO3. The van der Waals surface area contributed by atoms with Crippen LogP contribution in [0.3, 0.4) is 0 Å². The highest BCUT2D eigenvalue weighted by atomic mass is 16.5. The average molecular weight is 261 g/mol. The Hall–Kier alpha value is -1.84. The van der Waals surface area contributed by atoms with Crippen LogP contribution in [0.15, 0.2) is 24.3 Å². The molecule has 0 atom stereocenters. The van der Waals surface area contributed by atoms with E-state index in [2.05, 4.69) is 5.32 Å². The van der Waals surface area contributed by atoms with Gasteiger partial charge in [0, 0.05) is 25.3 Å². The minimum atomic E-state index is -0.0108. The molecule has 102 valence electrons. The fraction of sp³-hybridized carbons (Fsp3) is 0.467. The number of methoxy groups -OCH3 is 1. The number of Topliss-reactive ketones (excluding diaryl/α,β-unsaturated/α-hetero) is 1. The summed E-state index contributed by atoms with van der Waals surface area (Å²) in [5.41, 5.74) is 1.01. The molecule has 1 amide bonds. The van der Waals surface area contributed by atoms with Gasteiger partial charge < -0.3 is 10.1 Å². The molecule has 1 saturated carbocycles. The van der Waals surface area contributed by atoms with Crippen molar-refractivity contribution in [1.29, 1.82) is 0 Å². The molecule has 2 rings (SSSR count). The van der Waals surface area contributed by atoms with Crippen molar-refractivity contribution in [3.63, 3.8) is 0 Å². The summed E-state index contributed by atoms with van der Waals surface area (Å²) in [5, 5.41) is 2.93. The maximum Gasteiger partial charge on any atom is 0.223 e. The van der Waals surface area contributed by atoms with Crippen molar-refractivity contribution in [3.05, 3.63) is 29.8 Å². The van der Waals surface area contributed by atoms with Crippen molar-refractivity contribution in [3.8, 4) is 5.75 Å². The van der Waals surface area contributed by atoms with Gasteiger partial charge in [-0.05, 0) is 30.5 Å². The largest absolute Gasteiger partial charge is 0.497 e. The van der Waals surface area contributed by atoms with Crippen LogP contribution in [0.1, 0.15) is 31.2 Å². The quantitative estimate of drug-likeness (QED) is 0.902. The van der Waals surface area contributed by atoms with Crippen molar-refractivity contribution in [1.82, 2.24) is 5.32 Å². The summed E-state index contributed by atoms with van der Waals surface area (Å²) >= 11 is 0. The van der Waals surface area contributed by atoms with Crippen LogP contribution in [0.25, 0.3) is 0 Å². The van der Waals surface area contributed by atoms with Crippen LogP contribution in [-0.4, -0.2) is 18.8 Å². The van der Waals surface area contributed by atoms with E-state index in [-0.39, 0.29) is 17.6 Å². The minimum absolute atomic E-state index is 0.0108. The van der Waals surface area contributed by atoms with E-state index in [9.17, 15) is 9.59 Å². The first-order valence-corrected chi connectivity index (χ1v) is 6.61. The van der Waals surface area contributed by atoms with Gasteiger partial charge in [0.05, 0.1) is 7.11 Å². The molecule has 1 aromatic carbocycles. The number of benzene rings is 1. The molecule has 1 aliphatic carbocycles. The fourth-order valence-electron chi connectivity index (χ4n) is 2.32. The van der Waals surface area contributed by atoms with Gasteiger partial charge in [0.15, 0.2) is 0 Å². The zero-order chi connectivity index (χ0) is 13.7. The molecule has 0 spiro atoms. The van der Waals surface area contributed by atoms with Crippen LogP contribution < -0.4 is 10.1 Å². The van der Waals surface area contributed by atoms with Gasteiger partial charge in [0.2, 0.25) is 5.91 Å². The Balaban J connectivity index is 1.84. The van der Waals surface area contributed by atoms with E-state index in [1.807, 2.05) is 24.3 Å². The average Bonchev–Trinajstić information content (AvgIpc) is 2.46. The van der Waals surface area contributed by atoms with Crippen LogP contribution in [0.5, 0.6) is 5.75 Å². The summed E-state index contributed by atoms with van der Waals surface area (Å²) in [5.74, 6) is 1.10. The number of ether oxygens (including phenoxy) is 1. The number of amides is 1. The number of carbonyl (C=O) groups excluding carboxylic acids is 2. The Morgan fingerprint density at radius 1 is 1.37 bits per heavy atom. The molecule has 19 heavy (non-hydrogen) atoms. The van der Waals surface area contributed by atoms with Crippen molar-refractivity contribution >= 4 is 11.7 Å². The van der Waals surface area contributed by atoms with Crippen LogP contribution >= 0.6 is 0 Å². The second-order valence-electron chi connectivity index (χ2n) is 4.88. The monoisotopic (exact) mass is 261 g/mol. The maximum absolute atomic E-state index is 12.0. The van der Waals surface area contributed by atoms with Crippen LogP contribution in [0, 0.1) is 5.92 Å². The predicted octanol–water partition coefficient (Wildman–Crippen LogP) is 2.07. The third-order valence-electron chi connectivity index (χ3n) is 3.51. The molecular weight excluding hydrogens is 242 g/mol. The normalized spacial score (nSPS) is 16.2. The molecule has 4 nitrogen and oxygen atoms in total. The molecule has 0 aliphatic heterocycles. The topological polar surface area (TPSA) is 55.4 Å². The van der Waals surface area contributed by atoms with E-state index in [0.29, 0.717) is 32.2 Å². The molecule has 1 fully saturated rings. The Bertz CT molecular complexity index is 460. The smallest absolute Gasteiger partial charge is 0.223 e. The van der Waals surface area contributed by atoms with Gasteiger partial charge in [-0.3, -0.25) is 9.59 Å². The molecule has 4 heteroatoms. The second-order valence-corrected chi connectivity index (χ2v) is 4.88. The summed E-state index contributed by atoms with van der Waals surface area (Å²) in [4.78, 5) is 23.1. The highest BCUT2D eigenvalue weighted by molar-refractivity contribution is 5.84. The van der Waals surface area contributed by atoms with E-state index in [1.165, 1.54) is 0 Å². The van der Waals surface area contributed by atoms with E-state index in [4.69, 9.17) is 4.74 Å². The SMILES string of the molecule is COc1cccc(CNC(=O)C2CCC(=O)CC2)c1. The first kappa shape index (κ1) is 13.6. The molecule has 0 bridgehead atoms.